The average Bonchev–Trinajstić information content (AvgIpc) is 2.83. The van der Waals surface area contributed by atoms with Gasteiger partial charge in [-0.05, 0) is 12.0 Å². The molecule has 0 aliphatic carbocycles. The molecule has 1 aliphatic heterocycles. The van der Waals surface area contributed by atoms with Gasteiger partial charge in [0.15, 0.2) is 0 Å². The number of likely N-dealkylation sites (tertiary alicyclic amines) is 1. The van der Waals surface area contributed by atoms with E-state index in [1.54, 1.807) is 11.0 Å². The summed E-state index contributed by atoms with van der Waals surface area (Å²) in [6.07, 6.45) is 1.53. The fourth-order valence-electron chi connectivity index (χ4n) is 2.12. The third-order valence-electron chi connectivity index (χ3n) is 3.09. The van der Waals surface area contributed by atoms with Crippen molar-refractivity contribution in [3.63, 3.8) is 0 Å². The molecule has 0 bridgehead atoms. The first kappa shape index (κ1) is 12.0. The molecule has 17 heavy (non-hydrogen) atoms. The molecule has 0 aromatic carbocycles. The third-order valence-corrected chi connectivity index (χ3v) is 3.31. The van der Waals surface area contributed by atoms with E-state index in [9.17, 15) is 9.59 Å². The topological polar surface area (TPSA) is 73.4 Å². The van der Waals surface area contributed by atoms with Crippen LogP contribution >= 0.6 is 11.6 Å². The molecular weight excluding hydrogens is 244 g/mol. The van der Waals surface area contributed by atoms with Gasteiger partial charge < -0.3 is 15.0 Å². The molecule has 6 heteroatoms. The van der Waals surface area contributed by atoms with Crippen molar-refractivity contribution in [3.05, 3.63) is 23.0 Å². The second-order valence-corrected chi connectivity index (χ2v) is 4.80. The lowest BCUT2D eigenvalue weighted by atomic mass is 9.99. The number of amides is 1. The predicted molar refractivity (Wildman–Crippen MR) is 62.0 cm³/mol. The highest BCUT2D eigenvalue weighted by molar-refractivity contribution is 6.30. The number of rotatable bonds is 2. The van der Waals surface area contributed by atoms with E-state index in [-0.39, 0.29) is 18.4 Å². The maximum absolute atomic E-state index is 12.0. The fraction of sp³-hybridized carbons (Fsp3) is 0.455. The Kier molecular flexibility index (Phi) is 3.11. The lowest BCUT2D eigenvalue weighted by molar-refractivity contribution is -0.142. The predicted octanol–water partition coefficient (Wildman–Crippen LogP) is 1.46. The number of hydrogen-bond acceptors (Lipinski definition) is 2. The van der Waals surface area contributed by atoms with E-state index in [1.807, 2.05) is 6.92 Å². The van der Waals surface area contributed by atoms with Crippen molar-refractivity contribution in [2.24, 2.45) is 11.8 Å². The van der Waals surface area contributed by atoms with Gasteiger partial charge in [0.1, 0.15) is 5.69 Å². The van der Waals surface area contributed by atoms with E-state index in [2.05, 4.69) is 4.98 Å². The molecular formula is C11H13ClN2O3. The number of aromatic nitrogens is 1. The molecule has 1 aromatic rings. The van der Waals surface area contributed by atoms with Crippen molar-refractivity contribution in [2.75, 3.05) is 13.1 Å². The molecule has 0 radical (unpaired) electrons. The van der Waals surface area contributed by atoms with Crippen LogP contribution in [0.4, 0.5) is 0 Å². The van der Waals surface area contributed by atoms with Gasteiger partial charge in [-0.3, -0.25) is 9.59 Å². The SMILES string of the molecule is CC1CN(C(=O)c2cc(Cl)c[nH]2)CC1C(=O)O. The molecule has 0 saturated carbocycles. The number of H-pyrrole nitrogens is 1. The van der Waals surface area contributed by atoms with Crippen molar-refractivity contribution in [1.29, 1.82) is 0 Å². The Morgan fingerprint density at radius 2 is 2.24 bits per heavy atom. The first-order chi connectivity index (χ1) is 7.99. The third kappa shape index (κ3) is 2.29. The molecule has 1 fully saturated rings. The second-order valence-electron chi connectivity index (χ2n) is 4.36. The van der Waals surface area contributed by atoms with Gasteiger partial charge in [0, 0.05) is 19.3 Å². The van der Waals surface area contributed by atoms with E-state index < -0.39 is 11.9 Å². The minimum Gasteiger partial charge on any atom is -0.481 e. The molecule has 1 aliphatic rings. The monoisotopic (exact) mass is 256 g/mol. The summed E-state index contributed by atoms with van der Waals surface area (Å²) >= 11 is 5.72. The number of nitrogens with zero attached hydrogens (tertiary/aromatic N) is 1. The highest BCUT2D eigenvalue weighted by Gasteiger charge is 2.37. The summed E-state index contributed by atoms with van der Waals surface area (Å²) in [7, 11) is 0. The van der Waals surface area contributed by atoms with Crippen molar-refractivity contribution in [1.82, 2.24) is 9.88 Å². The summed E-state index contributed by atoms with van der Waals surface area (Å²) in [6, 6.07) is 1.54. The minimum absolute atomic E-state index is 0.0260. The summed E-state index contributed by atoms with van der Waals surface area (Å²) < 4.78 is 0. The van der Waals surface area contributed by atoms with Crippen LogP contribution in [0.15, 0.2) is 12.3 Å². The Hall–Kier alpha value is -1.49. The number of aromatic amines is 1. The van der Waals surface area contributed by atoms with Gasteiger partial charge in [0.25, 0.3) is 5.91 Å². The smallest absolute Gasteiger partial charge is 0.308 e. The number of aliphatic carboxylic acids is 1. The Morgan fingerprint density at radius 1 is 1.53 bits per heavy atom. The average molecular weight is 257 g/mol. The maximum atomic E-state index is 12.0. The van der Waals surface area contributed by atoms with Gasteiger partial charge in [0.2, 0.25) is 0 Å². The van der Waals surface area contributed by atoms with Crippen molar-refractivity contribution in [3.8, 4) is 0 Å². The first-order valence-corrected chi connectivity index (χ1v) is 5.73. The maximum Gasteiger partial charge on any atom is 0.308 e. The Labute approximate surface area is 103 Å². The second kappa shape index (κ2) is 4.41. The number of carboxylic acid groups (broad SMARTS) is 1. The molecule has 5 nitrogen and oxygen atoms in total. The molecule has 2 rings (SSSR count). The van der Waals surface area contributed by atoms with Crippen LogP contribution < -0.4 is 0 Å². The highest BCUT2D eigenvalue weighted by Crippen LogP contribution is 2.24. The van der Waals surface area contributed by atoms with E-state index in [0.29, 0.717) is 17.3 Å². The number of halogens is 1. The van der Waals surface area contributed by atoms with E-state index in [0.717, 1.165) is 0 Å². The molecule has 1 saturated heterocycles. The molecule has 1 amide bonds. The van der Waals surface area contributed by atoms with Crippen LogP contribution in [-0.2, 0) is 4.79 Å². The Bertz CT molecular complexity index is 457. The number of carbonyl (C=O) groups is 2. The number of nitrogens with one attached hydrogen (secondary N) is 1. The van der Waals surface area contributed by atoms with Crippen LogP contribution in [0.3, 0.4) is 0 Å². The van der Waals surface area contributed by atoms with E-state index >= 15 is 0 Å². The van der Waals surface area contributed by atoms with Crippen molar-refractivity contribution < 1.29 is 14.7 Å². The van der Waals surface area contributed by atoms with Gasteiger partial charge in [-0.2, -0.15) is 0 Å². The standard InChI is InChI=1S/C11H13ClN2O3/c1-6-4-14(5-8(6)11(16)17)10(15)9-2-7(12)3-13-9/h2-3,6,8,13H,4-5H2,1H3,(H,16,17). The molecule has 2 unspecified atom stereocenters. The van der Waals surface area contributed by atoms with E-state index in [1.165, 1.54) is 6.20 Å². The Morgan fingerprint density at radius 3 is 2.71 bits per heavy atom. The molecule has 2 N–H and O–H groups in total. The largest absolute Gasteiger partial charge is 0.481 e. The lowest BCUT2D eigenvalue weighted by Gasteiger charge is -2.14. The zero-order valence-corrected chi connectivity index (χ0v) is 10.1. The highest BCUT2D eigenvalue weighted by atomic mass is 35.5. The number of carbonyl (C=O) groups excluding carboxylic acids is 1. The van der Waals surface area contributed by atoms with Crippen LogP contribution in [0.25, 0.3) is 0 Å². The zero-order valence-electron chi connectivity index (χ0n) is 9.31. The summed E-state index contributed by atoms with van der Waals surface area (Å²) in [5, 5.41) is 9.46. The van der Waals surface area contributed by atoms with Gasteiger partial charge in [-0.25, -0.2) is 0 Å². The molecule has 1 aromatic heterocycles. The summed E-state index contributed by atoms with van der Waals surface area (Å²) in [6.45, 7) is 2.56. The molecule has 0 spiro atoms. The van der Waals surface area contributed by atoms with Gasteiger partial charge in [0.05, 0.1) is 10.9 Å². The summed E-state index contributed by atoms with van der Waals surface area (Å²) in [5.41, 5.74) is 0.397. The van der Waals surface area contributed by atoms with Gasteiger partial charge >= 0.3 is 5.97 Å². The molecule has 92 valence electrons. The summed E-state index contributed by atoms with van der Waals surface area (Å²) in [4.78, 5) is 27.3. The first-order valence-electron chi connectivity index (χ1n) is 5.35. The molecule has 2 atom stereocenters. The quantitative estimate of drug-likeness (QED) is 0.841. The summed E-state index contributed by atoms with van der Waals surface area (Å²) in [5.74, 6) is -1.56. The van der Waals surface area contributed by atoms with Crippen LogP contribution in [0, 0.1) is 11.8 Å². The zero-order chi connectivity index (χ0) is 12.6. The van der Waals surface area contributed by atoms with Gasteiger partial charge in [-0.1, -0.05) is 18.5 Å². The normalized spacial score (nSPS) is 24.0. The molecule has 2 heterocycles. The minimum atomic E-state index is -0.850. The van der Waals surface area contributed by atoms with Crippen LogP contribution in [0.2, 0.25) is 5.02 Å². The fourth-order valence-corrected chi connectivity index (χ4v) is 2.28. The van der Waals surface area contributed by atoms with Crippen molar-refractivity contribution in [2.45, 2.75) is 6.92 Å². The van der Waals surface area contributed by atoms with Crippen molar-refractivity contribution >= 4 is 23.5 Å². The van der Waals surface area contributed by atoms with Crippen LogP contribution in [-0.4, -0.2) is 40.0 Å². The van der Waals surface area contributed by atoms with Gasteiger partial charge in [-0.15, -0.1) is 0 Å². The lowest BCUT2D eigenvalue weighted by Crippen LogP contribution is -2.30. The van der Waals surface area contributed by atoms with Crippen LogP contribution in [0.5, 0.6) is 0 Å². The number of hydrogen-bond donors (Lipinski definition) is 2. The van der Waals surface area contributed by atoms with Crippen LogP contribution in [0.1, 0.15) is 17.4 Å². The Balaban J connectivity index is 2.10. The number of carboxylic acids is 1. The van der Waals surface area contributed by atoms with E-state index in [4.69, 9.17) is 16.7 Å².